The number of primary amides is 1. The lowest BCUT2D eigenvalue weighted by atomic mass is 9.98. The van der Waals surface area contributed by atoms with Crippen LogP contribution in [0.4, 0.5) is 0 Å². The molecular weight excluding hydrogens is 324 g/mol. The molecule has 2 aromatic rings. The summed E-state index contributed by atoms with van der Waals surface area (Å²) in [6.45, 7) is 8.60. The van der Waals surface area contributed by atoms with Crippen molar-refractivity contribution in [2.45, 2.75) is 27.3 Å². The van der Waals surface area contributed by atoms with E-state index < -0.39 is 0 Å². The van der Waals surface area contributed by atoms with Crippen LogP contribution in [0.25, 0.3) is 5.69 Å². The molecule has 128 valence electrons. The number of aryl methyl sites for hydroxylation is 1. The van der Waals surface area contributed by atoms with Gasteiger partial charge in [-0.15, -0.1) is 0 Å². The van der Waals surface area contributed by atoms with E-state index in [1.807, 2.05) is 35.9 Å². The maximum atomic E-state index is 11.5. The van der Waals surface area contributed by atoms with Gasteiger partial charge in [0, 0.05) is 35.9 Å². The molecule has 0 bridgehead atoms. The SMILES string of the molecule is Cc1nn(-c2ccc(Cl)cc2)c(C)c1CN1C[C@@H](C)[C@H](C(N)=O)C1. The van der Waals surface area contributed by atoms with E-state index in [2.05, 4.69) is 23.8 Å². The van der Waals surface area contributed by atoms with Crippen molar-refractivity contribution >= 4 is 17.5 Å². The highest BCUT2D eigenvalue weighted by Gasteiger charge is 2.34. The van der Waals surface area contributed by atoms with E-state index in [1.165, 1.54) is 5.56 Å². The summed E-state index contributed by atoms with van der Waals surface area (Å²) in [5.41, 5.74) is 9.84. The first-order chi connectivity index (χ1) is 11.4. The summed E-state index contributed by atoms with van der Waals surface area (Å²) in [6, 6.07) is 7.67. The number of amides is 1. The van der Waals surface area contributed by atoms with Gasteiger partial charge in [0.25, 0.3) is 0 Å². The Morgan fingerprint density at radius 2 is 1.96 bits per heavy atom. The van der Waals surface area contributed by atoms with Crippen LogP contribution in [-0.2, 0) is 11.3 Å². The maximum Gasteiger partial charge on any atom is 0.222 e. The molecule has 5 nitrogen and oxygen atoms in total. The van der Waals surface area contributed by atoms with Gasteiger partial charge in [-0.2, -0.15) is 5.10 Å². The van der Waals surface area contributed by atoms with Crippen LogP contribution in [0.2, 0.25) is 5.02 Å². The zero-order valence-electron chi connectivity index (χ0n) is 14.3. The second kappa shape index (κ2) is 6.57. The summed E-state index contributed by atoms with van der Waals surface area (Å²) < 4.78 is 1.95. The minimum Gasteiger partial charge on any atom is -0.369 e. The van der Waals surface area contributed by atoms with Crippen molar-refractivity contribution in [1.82, 2.24) is 14.7 Å². The largest absolute Gasteiger partial charge is 0.369 e. The molecular formula is C18H23ClN4O. The molecule has 0 spiro atoms. The van der Waals surface area contributed by atoms with Crippen molar-refractivity contribution in [2.24, 2.45) is 17.6 Å². The molecule has 1 aliphatic rings. The number of halogens is 1. The molecule has 6 heteroatoms. The molecule has 1 amide bonds. The van der Waals surface area contributed by atoms with Crippen LogP contribution in [-0.4, -0.2) is 33.7 Å². The number of carbonyl (C=O) groups excluding carboxylic acids is 1. The Morgan fingerprint density at radius 3 is 2.54 bits per heavy atom. The van der Waals surface area contributed by atoms with Gasteiger partial charge in [0.05, 0.1) is 17.3 Å². The number of rotatable bonds is 4. The first-order valence-corrected chi connectivity index (χ1v) is 8.57. The number of aromatic nitrogens is 2. The number of carbonyl (C=O) groups is 1. The van der Waals surface area contributed by atoms with E-state index in [0.717, 1.165) is 36.7 Å². The first-order valence-electron chi connectivity index (χ1n) is 8.19. The van der Waals surface area contributed by atoms with Crippen molar-refractivity contribution in [2.75, 3.05) is 13.1 Å². The Bertz CT molecular complexity index is 753. The fourth-order valence-corrected chi connectivity index (χ4v) is 3.65. The van der Waals surface area contributed by atoms with Crippen molar-refractivity contribution in [3.05, 3.63) is 46.2 Å². The topological polar surface area (TPSA) is 64.2 Å². The van der Waals surface area contributed by atoms with E-state index in [-0.39, 0.29) is 11.8 Å². The van der Waals surface area contributed by atoms with Crippen LogP contribution < -0.4 is 5.73 Å². The van der Waals surface area contributed by atoms with Gasteiger partial charge in [0.1, 0.15) is 0 Å². The molecule has 1 aliphatic heterocycles. The van der Waals surface area contributed by atoms with E-state index in [0.29, 0.717) is 10.9 Å². The van der Waals surface area contributed by atoms with Gasteiger partial charge < -0.3 is 5.73 Å². The standard InChI is InChI=1S/C18H23ClN4O/c1-11-8-22(9-16(11)18(20)24)10-17-12(2)21-23(13(17)3)15-6-4-14(19)5-7-15/h4-7,11,16H,8-10H2,1-3H3,(H2,20,24)/t11-,16-/m1/s1. The van der Waals surface area contributed by atoms with Crippen molar-refractivity contribution in [3.63, 3.8) is 0 Å². The van der Waals surface area contributed by atoms with Gasteiger partial charge in [-0.3, -0.25) is 9.69 Å². The minimum absolute atomic E-state index is 0.0584. The zero-order valence-corrected chi connectivity index (χ0v) is 15.0. The highest BCUT2D eigenvalue weighted by Crippen LogP contribution is 2.27. The zero-order chi connectivity index (χ0) is 17.4. The summed E-state index contributed by atoms with van der Waals surface area (Å²) in [4.78, 5) is 13.8. The van der Waals surface area contributed by atoms with E-state index in [4.69, 9.17) is 17.3 Å². The summed E-state index contributed by atoms with van der Waals surface area (Å²) in [5, 5.41) is 5.39. The molecule has 3 rings (SSSR count). The number of nitrogens with zero attached hydrogens (tertiary/aromatic N) is 3. The predicted octanol–water partition coefficient (Wildman–Crippen LogP) is 2.70. The van der Waals surface area contributed by atoms with Gasteiger partial charge >= 0.3 is 0 Å². The first kappa shape index (κ1) is 17.0. The van der Waals surface area contributed by atoms with Crippen LogP contribution in [0.3, 0.4) is 0 Å². The number of likely N-dealkylation sites (tertiary alicyclic amines) is 1. The second-order valence-electron chi connectivity index (χ2n) is 6.72. The Labute approximate surface area is 147 Å². The molecule has 1 aromatic heterocycles. The molecule has 2 atom stereocenters. The van der Waals surface area contributed by atoms with Crippen molar-refractivity contribution in [1.29, 1.82) is 0 Å². The van der Waals surface area contributed by atoms with E-state index >= 15 is 0 Å². The van der Waals surface area contributed by atoms with Crippen LogP contribution >= 0.6 is 11.6 Å². The predicted molar refractivity (Wildman–Crippen MR) is 95.2 cm³/mol. The molecule has 0 radical (unpaired) electrons. The lowest BCUT2D eigenvalue weighted by Crippen LogP contribution is -2.29. The number of hydrogen-bond donors (Lipinski definition) is 1. The van der Waals surface area contributed by atoms with Crippen molar-refractivity contribution < 1.29 is 4.79 Å². The van der Waals surface area contributed by atoms with Crippen LogP contribution in [0.15, 0.2) is 24.3 Å². The van der Waals surface area contributed by atoms with Crippen LogP contribution in [0.1, 0.15) is 23.9 Å². The molecule has 1 aromatic carbocycles. The van der Waals surface area contributed by atoms with Gasteiger partial charge in [-0.1, -0.05) is 18.5 Å². The second-order valence-corrected chi connectivity index (χ2v) is 7.15. The monoisotopic (exact) mass is 346 g/mol. The lowest BCUT2D eigenvalue weighted by Gasteiger charge is -2.15. The molecule has 1 fully saturated rings. The fraction of sp³-hybridized carbons (Fsp3) is 0.444. The third-order valence-electron chi connectivity index (χ3n) is 4.95. The van der Waals surface area contributed by atoms with E-state index in [1.54, 1.807) is 0 Å². The average Bonchev–Trinajstić information content (AvgIpc) is 3.03. The molecule has 1 saturated heterocycles. The summed E-state index contributed by atoms with van der Waals surface area (Å²) in [6.07, 6.45) is 0. The normalized spacial score (nSPS) is 21.3. The van der Waals surface area contributed by atoms with Gasteiger partial charge in [0.15, 0.2) is 0 Å². The van der Waals surface area contributed by atoms with Gasteiger partial charge in [-0.25, -0.2) is 4.68 Å². The fourth-order valence-electron chi connectivity index (χ4n) is 3.53. The van der Waals surface area contributed by atoms with Crippen molar-refractivity contribution in [3.8, 4) is 5.69 Å². The Morgan fingerprint density at radius 1 is 1.29 bits per heavy atom. The minimum atomic E-state index is -0.199. The highest BCUT2D eigenvalue weighted by molar-refractivity contribution is 6.30. The highest BCUT2D eigenvalue weighted by atomic mass is 35.5. The third-order valence-corrected chi connectivity index (χ3v) is 5.20. The summed E-state index contributed by atoms with van der Waals surface area (Å²) in [7, 11) is 0. The molecule has 24 heavy (non-hydrogen) atoms. The Balaban J connectivity index is 1.83. The molecule has 0 aliphatic carbocycles. The summed E-state index contributed by atoms with van der Waals surface area (Å²) in [5.74, 6) is 0.0432. The van der Waals surface area contributed by atoms with Gasteiger partial charge in [-0.05, 0) is 44.0 Å². The van der Waals surface area contributed by atoms with E-state index in [9.17, 15) is 4.79 Å². The van der Waals surface area contributed by atoms with Crippen LogP contribution in [0.5, 0.6) is 0 Å². The molecule has 0 saturated carbocycles. The lowest BCUT2D eigenvalue weighted by molar-refractivity contribution is -0.122. The average molecular weight is 347 g/mol. The number of benzene rings is 1. The molecule has 0 unspecified atom stereocenters. The molecule has 2 N–H and O–H groups in total. The smallest absolute Gasteiger partial charge is 0.222 e. The number of nitrogens with two attached hydrogens (primary N) is 1. The van der Waals surface area contributed by atoms with Gasteiger partial charge in [0.2, 0.25) is 5.91 Å². The Hall–Kier alpha value is -1.85. The maximum absolute atomic E-state index is 11.5. The number of hydrogen-bond acceptors (Lipinski definition) is 3. The molecule has 2 heterocycles. The Kier molecular flexibility index (Phi) is 4.65. The summed E-state index contributed by atoms with van der Waals surface area (Å²) >= 11 is 5.97. The quantitative estimate of drug-likeness (QED) is 0.925. The van der Waals surface area contributed by atoms with Crippen LogP contribution in [0, 0.1) is 25.7 Å². The third kappa shape index (κ3) is 3.19.